The van der Waals surface area contributed by atoms with E-state index in [0.717, 1.165) is 0 Å². The number of phenols is 2. The van der Waals surface area contributed by atoms with Crippen LogP contribution in [-0.2, 0) is 9.63 Å². The lowest BCUT2D eigenvalue weighted by molar-refractivity contribution is -0.138. The summed E-state index contributed by atoms with van der Waals surface area (Å²) in [6.45, 7) is -0.0311. The van der Waals surface area contributed by atoms with E-state index in [1.807, 2.05) is 0 Å². The fourth-order valence-electron chi connectivity index (χ4n) is 0.976. The molecule has 6 heteroatoms. The monoisotopic (exact) mass is 225 g/mol. The second-order valence-electron chi connectivity index (χ2n) is 2.99. The van der Waals surface area contributed by atoms with Gasteiger partial charge in [-0.15, -0.1) is 0 Å². The van der Waals surface area contributed by atoms with Gasteiger partial charge in [0, 0.05) is 11.6 Å². The Bertz CT molecular complexity index is 382. The smallest absolute Gasteiger partial charge is 0.306 e. The van der Waals surface area contributed by atoms with Crippen LogP contribution in [0.2, 0.25) is 0 Å². The Kier molecular flexibility index (Phi) is 4.14. The van der Waals surface area contributed by atoms with Crippen LogP contribution in [0.4, 0.5) is 0 Å². The topological polar surface area (TPSA) is 99.4 Å². The van der Waals surface area contributed by atoms with Crippen molar-refractivity contribution < 1.29 is 25.0 Å². The summed E-state index contributed by atoms with van der Waals surface area (Å²) in [7, 11) is 0. The molecule has 6 nitrogen and oxygen atoms in total. The molecule has 3 N–H and O–H groups in total. The molecule has 0 spiro atoms. The van der Waals surface area contributed by atoms with E-state index in [0.29, 0.717) is 5.56 Å². The Hall–Kier alpha value is -2.24. The van der Waals surface area contributed by atoms with Crippen LogP contribution in [-0.4, -0.2) is 34.1 Å². The van der Waals surface area contributed by atoms with E-state index in [2.05, 4.69) is 9.99 Å². The van der Waals surface area contributed by atoms with Crippen LogP contribution in [0.15, 0.2) is 23.4 Å². The first-order valence-electron chi connectivity index (χ1n) is 4.48. The molecular formula is C10H11NO5. The maximum Gasteiger partial charge on any atom is 0.306 e. The van der Waals surface area contributed by atoms with Gasteiger partial charge in [-0.1, -0.05) is 5.16 Å². The van der Waals surface area contributed by atoms with Crippen molar-refractivity contribution in [2.24, 2.45) is 5.16 Å². The van der Waals surface area contributed by atoms with Gasteiger partial charge in [0.15, 0.2) is 0 Å². The molecule has 1 aromatic carbocycles. The fourth-order valence-corrected chi connectivity index (χ4v) is 0.976. The number of rotatable bonds is 5. The first-order valence-corrected chi connectivity index (χ1v) is 4.48. The van der Waals surface area contributed by atoms with Crippen LogP contribution in [0.25, 0.3) is 0 Å². The normalized spacial score (nSPS) is 10.5. The first kappa shape index (κ1) is 11.8. The quantitative estimate of drug-likeness (QED) is 0.393. The molecule has 16 heavy (non-hydrogen) atoms. The molecule has 0 aliphatic carbocycles. The minimum Gasteiger partial charge on any atom is -0.508 e. The molecule has 0 bridgehead atoms. The number of nitrogens with zero attached hydrogens (tertiary/aromatic N) is 1. The molecular weight excluding hydrogens is 214 g/mol. The summed E-state index contributed by atoms with van der Waals surface area (Å²) in [5.74, 6) is -1.15. The van der Waals surface area contributed by atoms with Gasteiger partial charge < -0.3 is 20.2 Å². The Morgan fingerprint density at radius 1 is 1.31 bits per heavy atom. The number of hydrogen-bond acceptors (Lipinski definition) is 5. The third-order valence-electron chi connectivity index (χ3n) is 1.61. The number of benzene rings is 1. The van der Waals surface area contributed by atoms with Crippen molar-refractivity contribution >= 4 is 12.2 Å². The van der Waals surface area contributed by atoms with Crippen LogP contribution >= 0.6 is 0 Å². The maximum absolute atomic E-state index is 10.1. The summed E-state index contributed by atoms with van der Waals surface area (Å²) in [5, 5.41) is 30.0. The Balaban J connectivity index is 2.46. The van der Waals surface area contributed by atoms with Crippen LogP contribution in [0.3, 0.4) is 0 Å². The van der Waals surface area contributed by atoms with E-state index in [4.69, 9.17) is 15.3 Å². The molecule has 0 radical (unpaired) electrons. The second-order valence-corrected chi connectivity index (χ2v) is 2.99. The highest BCUT2D eigenvalue weighted by molar-refractivity contribution is 5.80. The number of aliphatic carboxylic acids is 1. The summed E-state index contributed by atoms with van der Waals surface area (Å²) >= 11 is 0. The summed E-state index contributed by atoms with van der Waals surface area (Å²) in [6.07, 6.45) is 1.13. The van der Waals surface area contributed by atoms with Gasteiger partial charge in [-0.25, -0.2) is 0 Å². The van der Waals surface area contributed by atoms with E-state index < -0.39 is 5.97 Å². The standard InChI is InChI=1S/C10H11NO5/c12-8-3-7(4-9(13)5-8)6-11-16-2-1-10(14)15/h3-6,12-13H,1-2H2,(H,14,15)/b11-6+. The van der Waals surface area contributed by atoms with Crippen molar-refractivity contribution in [2.75, 3.05) is 6.61 Å². The largest absolute Gasteiger partial charge is 0.508 e. The SMILES string of the molecule is O=C(O)CCO/N=C/c1cc(O)cc(O)c1. The number of carbonyl (C=O) groups is 1. The zero-order valence-corrected chi connectivity index (χ0v) is 8.33. The van der Waals surface area contributed by atoms with Crippen molar-refractivity contribution in [3.63, 3.8) is 0 Å². The van der Waals surface area contributed by atoms with Gasteiger partial charge in [0.2, 0.25) is 0 Å². The molecule has 0 aliphatic rings. The molecule has 1 rings (SSSR count). The lowest BCUT2D eigenvalue weighted by Crippen LogP contribution is -1.99. The highest BCUT2D eigenvalue weighted by atomic mass is 16.6. The lowest BCUT2D eigenvalue weighted by atomic mass is 10.2. The molecule has 0 aromatic heterocycles. The van der Waals surface area contributed by atoms with Gasteiger partial charge in [-0.3, -0.25) is 4.79 Å². The molecule has 86 valence electrons. The van der Waals surface area contributed by atoms with Crippen LogP contribution in [0.5, 0.6) is 11.5 Å². The van der Waals surface area contributed by atoms with Gasteiger partial charge in [0.1, 0.15) is 18.1 Å². The molecule has 0 amide bonds. The zero-order chi connectivity index (χ0) is 12.0. The molecule has 0 aliphatic heterocycles. The molecule has 0 fully saturated rings. The summed E-state index contributed by atoms with van der Waals surface area (Å²) < 4.78 is 0. The molecule has 1 aromatic rings. The number of carboxylic acids is 1. The van der Waals surface area contributed by atoms with Crippen molar-refractivity contribution in [3.8, 4) is 11.5 Å². The molecule has 0 heterocycles. The highest BCUT2D eigenvalue weighted by Gasteiger charge is 1.97. The van der Waals surface area contributed by atoms with Crippen molar-refractivity contribution in [1.29, 1.82) is 0 Å². The summed E-state index contributed by atoms with van der Waals surface area (Å²) in [6, 6.07) is 3.94. The molecule has 0 atom stereocenters. The fraction of sp³-hybridized carbons (Fsp3) is 0.200. The molecule has 0 unspecified atom stereocenters. The predicted octanol–water partition coefficient (Wildman–Crippen LogP) is 0.923. The maximum atomic E-state index is 10.1. The van der Waals surface area contributed by atoms with Crippen molar-refractivity contribution in [2.45, 2.75) is 6.42 Å². The number of carboxylic acid groups (broad SMARTS) is 1. The Morgan fingerprint density at radius 2 is 1.94 bits per heavy atom. The number of phenolic OH excluding ortho intramolecular Hbond substituents is 2. The lowest BCUT2D eigenvalue weighted by Gasteiger charge is -1.98. The summed E-state index contributed by atoms with van der Waals surface area (Å²) in [5.41, 5.74) is 0.452. The van der Waals surface area contributed by atoms with Crippen LogP contribution in [0.1, 0.15) is 12.0 Å². The minimum atomic E-state index is -0.967. The average Bonchev–Trinajstić information content (AvgIpc) is 2.15. The van der Waals surface area contributed by atoms with Crippen LogP contribution < -0.4 is 0 Å². The second kappa shape index (κ2) is 5.59. The number of hydrogen-bond donors (Lipinski definition) is 3. The highest BCUT2D eigenvalue weighted by Crippen LogP contribution is 2.18. The van der Waals surface area contributed by atoms with E-state index in [9.17, 15) is 4.79 Å². The van der Waals surface area contributed by atoms with Gasteiger partial charge >= 0.3 is 5.97 Å². The third kappa shape index (κ3) is 4.32. The molecule has 0 saturated heterocycles. The predicted molar refractivity (Wildman–Crippen MR) is 55.6 cm³/mol. The Morgan fingerprint density at radius 3 is 2.50 bits per heavy atom. The van der Waals surface area contributed by atoms with E-state index in [1.54, 1.807) is 0 Å². The van der Waals surface area contributed by atoms with E-state index in [1.165, 1.54) is 24.4 Å². The van der Waals surface area contributed by atoms with Gasteiger partial charge in [0.05, 0.1) is 12.6 Å². The van der Waals surface area contributed by atoms with E-state index >= 15 is 0 Å². The third-order valence-corrected chi connectivity index (χ3v) is 1.61. The average molecular weight is 225 g/mol. The van der Waals surface area contributed by atoms with E-state index in [-0.39, 0.29) is 24.5 Å². The van der Waals surface area contributed by atoms with Gasteiger partial charge in [-0.2, -0.15) is 0 Å². The first-order chi connectivity index (χ1) is 7.58. The molecule has 0 saturated carbocycles. The van der Waals surface area contributed by atoms with Crippen LogP contribution in [0, 0.1) is 0 Å². The van der Waals surface area contributed by atoms with Crippen molar-refractivity contribution in [3.05, 3.63) is 23.8 Å². The number of aromatic hydroxyl groups is 2. The summed E-state index contributed by atoms with van der Waals surface area (Å²) in [4.78, 5) is 14.8. The van der Waals surface area contributed by atoms with Gasteiger partial charge in [0.25, 0.3) is 0 Å². The Labute approximate surface area is 91.4 Å². The van der Waals surface area contributed by atoms with Crippen molar-refractivity contribution in [1.82, 2.24) is 0 Å². The van der Waals surface area contributed by atoms with Gasteiger partial charge in [-0.05, 0) is 12.1 Å². The zero-order valence-electron chi connectivity index (χ0n) is 8.33. The minimum absolute atomic E-state index is 0.0311. The number of oxime groups is 1.